The molecule has 0 fully saturated rings. The van der Waals surface area contributed by atoms with Gasteiger partial charge in [-0.05, 0) is 18.2 Å². The van der Waals surface area contributed by atoms with Gasteiger partial charge in [0.05, 0.1) is 0 Å². The lowest BCUT2D eigenvalue weighted by Crippen LogP contribution is -1.97. The fourth-order valence-electron chi connectivity index (χ4n) is 1.06. The number of halogens is 1. The molecule has 1 aromatic carbocycles. The first kappa shape index (κ1) is 10.5. The van der Waals surface area contributed by atoms with Crippen molar-refractivity contribution in [3.05, 3.63) is 22.7 Å². The van der Waals surface area contributed by atoms with Crippen molar-refractivity contribution in [2.75, 3.05) is 5.75 Å². The van der Waals surface area contributed by atoms with E-state index in [1.807, 2.05) is 12.1 Å². The molecule has 4 nitrogen and oxygen atoms in total. The molecule has 0 aliphatic carbocycles. The molecule has 2 rings (SSSR count). The summed E-state index contributed by atoms with van der Waals surface area (Å²) in [4.78, 5) is 14.5. The van der Waals surface area contributed by atoms with Crippen LogP contribution in [0.4, 0.5) is 0 Å². The molecule has 0 radical (unpaired) electrons. The number of fused-ring (bicyclic) bond motifs is 1. The molecule has 1 heterocycles. The van der Waals surface area contributed by atoms with Gasteiger partial charge in [-0.2, -0.15) is 0 Å². The minimum absolute atomic E-state index is 0.0476. The van der Waals surface area contributed by atoms with E-state index in [1.165, 1.54) is 0 Å². The molecule has 0 unspecified atom stereocenters. The van der Waals surface area contributed by atoms with Gasteiger partial charge in [0.1, 0.15) is 11.3 Å². The Morgan fingerprint density at radius 3 is 3.13 bits per heavy atom. The van der Waals surface area contributed by atoms with Gasteiger partial charge in [-0.1, -0.05) is 27.7 Å². The van der Waals surface area contributed by atoms with Crippen molar-refractivity contribution < 1.29 is 14.3 Å². The molecule has 0 aliphatic rings. The summed E-state index contributed by atoms with van der Waals surface area (Å²) in [6.07, 6.45) is 0. The van der Waals surface area contributed by atoms with Gasteiger partial charge < -0.3 is 9.52 Å². The number of oxazole rings is 1. The fourth-order valence-corrected chi connectivity index (χ4v) is 1.97. The molecule has 0 bridgehead atoms. The van der Waals surface area contributed by atoms with Crippen LogP contribution in [-0.4, -0.2) is 21.8 Å². The van der Waals surface area contributed by atoms with Crippen LogP contribution in [0.15, 0.2) is 32.3 Å². The van der Waals surface area contributed by atoms with Crippen LogP contribution < -0.4 is 0 Å². The van der Waals surface area contributed by atoms with Gasteiger partial charge in [-0.25, -0.2) is 4.98 Å². The van der Waals surface area contributed by atoms with Crippen LogP contribution in [0.3, 0.4) is 0 Å². The van der Waals surface area contributed by atoms with Gasteiger partial charge in [0.2, 0.25) is 0 Å². The molecule has 1 N–H and O–H groups in total. The first-order chi connectivity index (χ1) is 7.15. The third-order valence-electron chi connectivity index (χ3n) is 1.65. The zero-order valence-electron chi connectivity index (χ0n) is 7.44. The largest absolute Gasteiger partial charge is 0.481 e. The van der Waals surface area contributed by atoms with Crippen molar-refractivity contribution in [1.29, 1.82) is 0 Å². The van der Waals surface area contributed by atoms with E-state index in [4.69, 9.17) is 9.52 Å². The third kappa shape index (κ3) is 2.51. The van der Waals surface area contributed by atoms with Crippen LogP contribution in [0.25, 0.3) is 11.1 Å². The minimum Gasteiger partial charge on any atom is -0.481 e. The molecule has 0 aliphatic heterocycles. The third-order valence-corrected chi connectivity index (χ3v) is 2.96. The summed E-state index contributed by atoms with van der Waals surface area (Å²) < 4.78 is 6.26. The SMILES string of the molecule is O=C(O)CSc1nc2cc(Br)ccc2o1. The van der Waals surface area contributed by atoms with E-state index in [9.17, 15) is 4.79 Å². The Morgan fingerprint density at radius 2 is 2.40 bits per heavy atom. The summed E-state index contributed by atoms with van der Waals surface area (Å²) in [6, 6.07) is 5.46. The first-order valence-electron chi connectivity index (χ1n) is 4.06. The van der Waals surface area contributed by atoms with Gasteiger partial charge in [0.25, 0.3) is 5.22 Å². The molecule has 0 spiro atoms. The van der Waals surface area contributed by atoms with Crippen molar-refractivity contribution in [3.8, 4) is 0 Å². The van der Waals surface area contributed by atoms with Crippen LogP contribution in [0.1, 0.15) is 0 Å². The monoisotopic (exact) mass is 287 g/mol. The summed E-state index contributed by atoms with van der Waals surface area (Å²) in [5, 5.41) is 8.88. The number of thioether (sulfide) groups is 1. The Balaban J connectivity index is 2.27. The quantitative estimate of drug-likeness (QED) is 0.880. The summed E-state index contributed by atoms with van der Waals surface area (Å²) in [6.45, 7) is 0. The van der Waals surface area contributed by atoms with E-state index >= 15 is 0 Å². The molecule has 6 heteroatoms. The second-order valence-corrected chi connectivity index (χ2v) is 4.62. The summed E-state index contributed by atoms with van der Waals surface area (Å²) in [5.74, 6) is -0.933. The Labute approximate surface area is 97.8 Å². The number of carboxylic acid groups (broad SMARTS) is 1. The number of nitrogens with zero attached hydrogens (tertiary/aromatic N) is 1. The molecule has 0 saturated carbocycles. The predicted molar refractivity (Wildman–Crippen MR) is 60.1 cm³/mol. The number of carboxylic acids is 1. The van der Waals surface area contributed by atoms with Gasteiger partial charge in [0.15, 0.2) is 5.58 Å². The molecule has 0 atom stereocenters. The Hall–Kier alpha value is -1.01. The van der Waals surface area contributed by atoms with Gasteiger partial charge in [0, 0.05) is 4.47 Å². The summed E-state index contributed by atoms with van der Waals surface area (Å²) >= 11 is 4.39. The normalized spacial score (nSPS) is 10.7. The van der Waals surface area contributed by atoms with Gasteiger partial charge in [-0.15, -0.1) is 0 Å². The molecule has 1 aromatic heterocycles. The molecular formula is C9H6BrNO3S. The number of hydrogen-bond acceptors (Lipinski definition) is 4. The zero-order chi connectivity index (χ0) is 10.8. The molecule has 2 aromatic rings. The Kier molecular flexibility index (Phi) is 2.97. The molecule has 78 valence electrons. The van der Waals surface area contributed by atoms with Crippen molar-refractivity contribution in [2.24, 2.45) is 0 Å². The van der Waals surface area contributed by atoms with E-state index in [0.29, 0.717) is 10.8 Å². The maximum Gasteiger partial charge on any atom is 0.314 e. The van der Waals surface area contributed by atoms with Crippen LogP contribution in [-0.2, 0) is 4.79 Å². The van der Waals surface area contributed by atoms with Crippen molar-refractivity contribution in [1.82, 2.24) is 4.98 Å². The van der Waals surface area contributed by atoms with Crippen molar-refractivity contribution >= 4 is 44.8 Å². The standard InChI is InChI=1S/C9H6BrNO3S/c10-5-1-2-7-6(3-5)11-9(14-7)15-4-8(12)13/h1-3H,4H2,(H,12,13). The highest BCUT2D eigenvalue weighted by molar-refractivity contribution is 9.10. The smallest absolute Gasteiger partial charge is 0.314 e. The number of hydrogen-bond donors (Lipinski definition) is 1. The molecule has 0 amide bonds. The molecule has 0 saturated heterocycles. The van der Waals surface area contributed by atoms with E-state index in [0.717, 1.165) is 21.8 Å². The summed E-state index contributed by atoms with van der Waals surface area (Å²) in [7, 11) is 0. The van der Waals surface area contributed by atoms with E-state index in [-0.39, 0.29) is 5.75 Å². The highest BCUT2D eigenvalue weighted by Crippen LogP contribution is 2.25. The van der Waals surface area contributed by atoms with Crippen LogP contribution in [0, 0.1) is 0 Å². The average Bonchev–Trinajstić information content (AvgIpc) is 2.56. The molecular weight excluding hydrogens is 282 g/mol. The predicted octanol–water partition coefficient (Wildman–Crippen LogP) is 2.77. The van der Waals surface area contributed by atoms with Crippen LogP contribution in [0.5, 0.6) is 0 Å². The minimum atomic E-state index is -0.886. The topological polar surface area (TPSA) is 63.3 Å². The average molecular weight is 288 g/mol. The van der Waals surface area contributed by atoms with Crippen LogP contribution in [0.2, 0.25) is 0 Å². The first-order valence-corrected chi connectivity index (χ1v) is 5.84. The highest BCUT2D eigenvalue weighted by atomic mass is 79.9. The maximum absolute atomic E-state index is 10.3. The number of carbonyl (C=O) groups is 1. The van der Waals surface area contributed by atoms with Gasteiger partial charge >= 0.3 is 5.97 Å². The Morgan fingerprint density at radius 1 is 1.60 bits per heavy atom. The maximum atomic E-state index is 10.3. The van der Waals surface area contributed by atoms with Crippen LogP contribution >= 0.6 is 27.7 Å². The van der Waals surface area contributed by atoms with E-state index in [1.54, 1.807) is 6.07 Å². The number of aliphatic carboxylic acids is 1. The lowest BCUT2D eigenvalue weighted by Gasteiger charge is -1.88. The lowest BCUT2D eigenvalue weighted by atomic mass is 10.3. The van der Waals surface area contributed by atoms with Crippen molar-refractivity contribution in [3.63, 3.8) is 0 Å². The fraction of sp³-hybridized carbons (Fsp3) is 0.111. The number of benzene rings is 1. The molecule has 15 heavy (non-hydrogen) atoms. The number of aromatic nitrogens is 1. The lowest BCUT2D eigenvalue weighted by molar-refractivity contribution is -0.133. The van der Waals surface area contributed by atoms with E-state index < -0.39 is 5.97 Å². The zero-order valence-corrected chi connectivity index (χ0v) is 9.84. The van der Waals surface area contributed by atoms with E-state index in [2.05, 4.69) is 20.9 Å². The van der Waals surface area contributed by atoms with Crippen molar-refractivity contribution in [2.45, 2.75) is 5.22 Å². The Bertz CT molecular complexity index is 511. The second kappa shape index (κ2) is 4.24. The summed E-state index contributed by atoms with van der Waals surface area (Å²) in [5.41, 5.74) is 1.38. The number of rotatable bonds is 3. The van der Waals surface area contributed by atoms with Gasteiger partial charge in [-0.3, -0.25) is 4.79 Å². The second-order valence-electron chi connectivity index (χ2n) is 2.77. The highest BCUT2D eigenvalue weighted by Gasteiger charge is 2.08.